The molecular weight excluding hydrogens is 648 g/mol. The Morgan fingerprint density at radius 2 is 1.69 bits per heavy atom. The number of nitrogens with one attached hydrogen (secondary N) is 1. The predicted molar refractivity (Wildman–Crippen MR) is 184 cm³/mol. The first kappa shape index (κ1) is 35.5. The Hall–Kier alpha value is -4.84. The van der Waals surface area contributed by atoms with Crippen LogP contribution in [-0.2, 0) is 23.4 Å². The van der Waals surface area contributed by atoms with Gasteiger partial charge in [-0.1, -0.05) is 87.4 Å². The van der Waals surface area contributed by atoms with Crippen LogP contribution in [0.5, 0.6) is 0 Å². The average molecular weight is 689 g/mol. The number of ether oxygens (including phenoxy) is 3. The number of rotatable bonds is 9. The highest BCUT2D eigenvalue weighted by molar-refractivity contribution is 6.99. The summed E-state index contributed by atoms with van der Waals surface area (Å²) in [5, 5.41) is 4.04. The number of halogens is 1. The fourth-order valence-electron chi connectivity index (χ4n) is 6.14. The van der Waals surface area contributed by atoms with Crippen LogP contribution in [-0.4, -0.2) is 70.4 Å². The van der Waals surface area contributed by atoms with E-state index in [1.165, 1.54) is 10.9 Å². The summed E-state index contributed by atoms with van der Waals surface area (Å²) < 4.78 is 40.7. The lowest BCUT2D eigenvalue weighted by Crippen LogP contribution is -2.68. The highest BCUT2D eigenvalue weighted by Gasteiger charge is 2.56. The molecule has 49 heavy (non-hydrogen) atoms. The number of fused-ring (bicyclic) bond motifs is 1. The van der Waals surface area contributed by atoms with E-state index in [0.717, 1.165) is 10.4 Å². The van der Waals surface area contributed by atoms with E-state index in [-0.39, 0.29) is 30.0 Å². The first-order valence-corrected chi connectivity index (χ1v) is 17.7. The molecule has 3 heterocycles. The summed E-state index contributed by atoms with van der Waals surface area (Å²) in [7, 11) is -3.15. The van der Waals surface area contributed by atoms with Crippen molar-refractivity contribution in [1.29, 1.82) is 0 Å². The summed E-state index contributed by atoms with van der Waals surface area (Å²) in [6, 6.07) is 19.9. The molecule has 258 valence electrons. The summed E-state index contributed by atoms with van der Waals surface area (Å²) in [6.45, 7) is 10.9. The number of benzene rings is 2. The van der Waals surface area contributed by atoms with Crippen molar-refractivity contribution in [3.05, 3.63) is 73.1 Å². The van der Waals surface area contributed by atoms with E-state index in [2.05, 4.69) is 47.0 Å². The van der Waals surface area contributed by atoms with Crippen LogP contribution < -0.4 is 21.4 Å². The molecule has 2 aromatic heterocycles. The maximum atomic E-state index is 14.3. The number of alkyl carbamates (subject to hydrolysis) is 1. The van der Waals surface area contributed by atoms with Crippen LogP contribution in [0.1, 0.15) is 54.2 Å². The molecule has 0 radical (unpaired) electrons. The van der Waals surface area contributed by atoms with Crippen LogP contribution in [0, 0.1) is 18.4 Å². The van der Waals surface area contributed by atoms with Gasteiger partial charge in [0.2, 0.25) is 0 Å². The molecule has 1 aliphatic heterocycles. The van der Waals surface area contributed by atoms with Crippen molar-refractivity contribution in [3.8, 4) is 12.3 Å². The number of carbonyl (C=O) groups excluding carboxylic acids is 2. The van der Waals surface area contributed by atoms with Gasteiger partial charge in [0.1, 0.15) is 18.4 Å². The van der Waals surface area contributed by atoms with E-state index < -0.39 is 61.6 Å². The molecule has 2 aromatic carbocycles. The lowest BCUT2D eigenvalue weighted by Gasteiger charge is -2.44. The van der Waals surface area contributed by atoms with Gasteiger partial charge in [-0.2, -0.15) is 14.4 Å². The Balaban J connectivity index is 1.53. The summed E-state index contributed by atoms with van der Waals surface area (Å²) >= 11 is 0. The van der Waals surface area contributed by atoms with Gasteiger partial charge in [0, 0.05) is 6.42 Å². The second-order valence-corrected chi connectivity index (χ2v) is 18.1. The number of anilines is 1. The number of carbonyl (C=O) groups is 2. The highest BCUT2D eigenvalue weighted by atomic mass is 28.4. The number of aromatic nitrogens is 4. The Kier molecular flexibility index (Phi) is 9.83. The Bertz CT molecular complexity index is 1810. The molecule has 0 saturated carbocycles. The molecule has 0 spiro atoms. The second kappa shape index (κ2) is 13.6. The van der Waals surface area contributed by atoms with Gasteiger partial charge >= 0.3 is 18.1 Å². The van der Waals surface area contributed by atoms with E-state index in [0.29, 0.717) is 0 Å². The number of esters is 1. The SMILES string of the molecule is C#C[C@]1(CO[Si](c2ccccc2)(c2ccccc2)C(C)(C)C)O[C@@H](n2cnc3c(N)nc(F)nc32)C[C@@H]1OC(=O)NCC(=O)OC(C)(C)C. The van der Waals surface area contributed by atoms with Crippen molar-refractivity contribution in [2.75, 3.05) is 18.9 Å². The summed E-state index contributed by atoms with van der Waals surface area (Å²) in [4.78, 5) is 37.2. The third kappa shape index (κ3) is 7.29. The molecule has 3 atom stereocenters. The monoisotopic (exact) mass is 688 g/mol. The van der Waals surface area contributed by atoms with Crippen molar-refractivity contribution in [2.24, 2.45) is 0 Å². The largest absolute Gasteiger partial charge is 0.459 e. The minimum Gasteiger partial charge on any atom is -0.459 e. The van der Waals surface area contributed by atoms with Crippen molar-refractivity contribution in [2.45, 2.75) is 76.5 Å². The number of nitrogen functional groups attached to an aromatic ring is 1. The number of imidazole rings is 1. The van der Waals surface area contributed by atoms with Crippen LogP contribution in [0.15, 0.2) is 67.0 Å². The lowest BCUT2D eigenvalue weighted by atomic mass is 9.98. The summed E-state index contributed by atoms with van der Waals surface area (Å²) in [5.74, 6) is 1.94. The number of hydrogen-bond acceptors (Lipinski definition) is 10. The standard InChI is InChI=1S/C35H41FN6O6Si/c1-8-35(21-45-49(34(5,6)7,23-15-11-9-12-16-23)24-17-13-10-14-18-24)25(46-32(44)38-20-27(43)48-33(2,3)4)19-26(47-35)42-22-39-28-29(37)40-31(36)41-30(28)42/h1,9-18,22,25-26H,19-21H2,2-7H3,(H,38,44)(H2,37,40,41)/t25-,26+,35+/m0/s1. The smallest absolute Gasteiger partial charge is 0.408 e. The first-order chi connectivity index (χ1) is 23.1. The summed E-state index contributed by atoms with van der Waals surface area (Å²) in [6.07, 6.45) is 3.66. The number of hydrogen-bond donors (Lipinski definition) is 2. The van der Waals surface area contributed by atoms with Gasteiger partial charge in [0.25, 0.3) is 8.32 Å². The van der Waals surface area contributed by atoms with Crippen LogP contribution >= 0.6 is 0 Å². The molecular formula is C35H41FN6O6Si. The van der Waals surface area contributed by atoms with E-state index in [4.69, 9.17) is 30.8 Å². The molecule has 1 saturated heterocycles. The maximum absolute atomic E-state index is 14.3. The number of terminal acetylenes is 1. The minimum absolute atomic E-state index is 0.00511. The van der Waals surface area contributed by atoms with Crippen molar-refractivity contribution < 1.29 is 32.6 Å². The average Bonchev–Trinajstić information content (AvgIpc) is 3.62. The normalized spacial score (nSPS) is 19.7. The number of amides is 1. The second-order valence-electron chi connectivity index (χ2n) is 13.8. The highest BCUT2D eigenvalue weighted by Crippen LogP contribution is 2.43. The van der Waals surface area contributed by atoms with Crippen molar-refractivity contribution in [3.63, 3.8) is 0 Å². The van der Waals surface area contributed by atoms with Crippen molar-refractivity contribution in [1.82, 2.24) is 24.8 Å². The molecule has 1 aliphatic rings. The van der Waals surface area contributed by atoms with Crippen LogP contribution in [0.25, 0.3) is 11.2 Å². The third-order valence-corrected chi connectivity index (χ3v) is 13.2. The minimum atomic E-state index is -3.15. The molecule has 1 amide bonds. The van der Waals surface area contributed by atoms with Gasteiger partial charge in [0.15, 0.2) is 28.7 Å². The van der Waals surface area contributed by atoms with E-state index in [1.807, 2.05) is 60.7 Å². The molecule has 0 bridgehead atoms. The molecule has 0 aliphatic carbocycles. The Morgan fingerprint density at radius 3 is 2.24 bits per heavy atom. The Labute approximate surface area is 285 Å². The zero-order valence-corrected chi connectivity index (χ0v) is 29.4. The molecule has 14 heteroatoms. The van der Waals surface area contributed by atoms with Gasteiger partial charge in [-0.05, 0) is 36.2 Å². The molecule has 5 rings (SSSR count). The topological polar surface area (TPSA) is 153 Å². The zero-order valence-electron chi connectivity index (χ0n) is 28.4. The third-order valence-electron chi connectivity index (χ3n) is 8.22. The molecule has 4 aromatic rings. The van der Waals surface area contributed by atoms with Gasteiger partial charge in [-0.15, -0.1) is 6.42 Å². The maximum Gasteiger partial charge on any atom is 0.408 e. The fourth-order valence-corrected chi connectivity index (χ4v) is 10.7. The molecule has 12 nitrogen and oxygen atoms in total. The predicted octanol–water partition coefficient (Wildman–Crippen LogP) is 3.85. The lowest BCUT2D eigenvalue weighted by molar-refractivity contribution is -0.153. The van der Waals surface area contributed by atoms with E-state index in [1.54, 1.807) is 20.8 Å². The fraction of sp³-hybridized carbons (Fsp3) is 0.400. The number of nitrogens with two attached hydrogens (primary N) is 1. The zero-order chi connectivity index (χ0) is 35.6. The van der Waals surface area contributed by atoms with Crippen molar-refractivity contribution >= 4 is 47.7 Å². The Morgan fingerprint density at radius 1 is 1.08 bits per heavy atom. The first-order valence-electron chi connectivity index (χ1n) is 15.8. The molecule has 3 N–H and O–H groups in total. The van der Waals surface area contributed by atoms with E-state index in [9.17, 15) is 14.0 Å². The summed E-state index contributed by atoms with van der Waals surface area (Å²) in [5.41, 5.74) is 3.76. The van der Waals surface area contributed by atoms with Gasteiger partial charge < -0.3 is 29.7 Å². The molecule has 0 unspecified atom stereocenters. The van der Waals surface area contributed by atoms with Crippen LogP contribution in [0.4, 0.5) is 15.0 Å². The van der Waals surface area contributed by atoms with E-state index >= 15 is 0 Å². The van der Waals surface area contributed by atoms with Crippen LogP contribution in [0.2, 0.25) is 5.04 Å². The quantitative estimate of drug-likeness (QED) is 0.115. The van der Waals surface area contributed by atoms with Gasteiger partial charge in [-0.3, -0.25) is 9.36 Å². The molecule has 1 fully saturated rings. The van der Waals surface area contributed by atoms with Gasteiger partial charge in [-0.25, -0.2) is 9.78 Å². The number of nitrogens with zero attached hydrogens (tertiary/aromatic N) is 4. The van der Waals surface area contributed by atoms with Gasteiger partial charge in [0.05, 0.1) is 12.9 Å². The van der Waals surface area contributed by atoms with Crippen LogP contribution in [0.3, 0.4) is 0 Å².